The van der Waals surface area contributed by atoms with Gasteiger partial charge < -0.3 is 0 Å². The fraction of sp³-hybridized carbons (Fsp3) is 0.278. The summed E-state index contributed by atoms with van der Waals surface area (Å²) in [5.41, 5.74) is 2.31. The number of hydrogen-bond acceptors (Lipinski definition) is 6. The van der Waals surface area contributed by atoms with Crippen LogP contribution in [0.2, 0.25) is 0 Å². The molecule has 4 heterocycles. The molecule has 0 aromatic carbocycles. The molecule has 10 heteroatoms. The third kappa shape index (κ3) is 3.46. The summed E-state index contributed by atoms with van der Waals surface area (Å²) in [6.45, 7) is 5.63. The van der Waals surface area contributed by atoms with Crippen molar-refractivity contribution in [2.24, 2.45) is 0 Å². The van der Waals surface area contributed by atoms with E-state index in [0.29, 0.717) is 17.9 Å². The number of hydrogen-bond donors (Lipinski definition) is 2. The molecule has 0 spiro atoms. The van der Waals surface area contributed by atoms with Crippen molar-refractivity contribution >= 4 is 27.1 Å². The molecule has 4 rings (SSSR count). The van der Waals surface area contributed by atoms with Crippen LogP contribution < -0.4 is 4.72 Å². The number of aromatic nitrogens is 5. The summed E-state index contributed by atoms with van der Waals surface area (Å²) >= 11 is 1.41. The molecule has 0 aliphatic heterocycles. The number of fused-ring (bicyclic) bond motifs is 1. The third-order valence-corrected chi connectivity index (χ3v) is 7.24. The first kappa shape index (κ1) is 18.8. The van der Waals surface area contributed by atoms with Gasteiger partial charge >= 0.3 is 0 Å². The fourth-order valence-corrected chi connectivity index (χ4v) is 5.87. The van der Waals surface area contributed by atoms with E-state index in [4.69, 9.17) is 0 Å². The Morgan fingerprint density at radius 2 is 2.14 bits per heavy atom. The molecule has 8 nitrogen and oxygen atoms in total. The number of imidazole rings is 1. The number of rotatable bonds is 6. The van der Waals surface area contributed by atoms with Crippen LogP contribution >= 0.6 is 11.3 Å². The van der Waals surface area contributed by atoms with Crippen LogP contribution in [0.25, 0.3) is 16.3 Å². The Kier molecular flexibility index (Phi) is 4.77. The minimum atomic E-state index is -3.72. The van der Waals surface area contributed by atoms with Crippen molar-refractivity contribution in [2.75, 3.05) is 0 Å². The third-order valence-electron chi connectivity index (χ3n) is 4.44. The minimum absolute atomic E-state index is 0.272. The molecule has 0 aliphatic carbocycles. The van der Waals surface area contributed by atoms with Crippen LogP contribution in [-0.2, 0) is 10.0 Å². The van der Waals surface area contributed by atoms with E-state index in [9.17, 15) is 8.42 Å². The lowest BCUT2D eigenvalue weighted by atomic mass is 10.2. The smallest absolute Gasteiger partial charge is 0.242 e. The summed E-state index contributed by atoms with van der Waals surface area (Å²) in [6.07, 6.45) is 5.86. The van der Waals surface area contributed by atoms with Gasteiger partial charge in [0, 0.05) is 29.2 Å². The molecule has 4 aromatic heterocycles. The molecular formula is C18H20N6O2S2. The van der Waals surface area contributed by atoms with Crippen molar-refractivity contribution in [2.45, 2.75) is 38.1 Å². The van der Waals surface area contributed by atoms with Gasteiger partial charge in [0.25, 0.3) is 0 Å². The number of nitrogens with one attached hydrogen (secondary N) is 2. The first-order valence-electron chi connectivity index (χ1n) is 8.82. The lowest BCUT2D eigenvalue weighted by molar-refractivity contribution is 0.545. The highest BCUT2D eigenvalue weighted by Gasteiger charge is 2.26. The van der Waals surface area contributed by atoms with Crippen LogP contribution in [-0.4, -0.2) is 33.0 Å². The second-order valence-electron chi connectivity index (χ2n) is 6.54. The van der Waals surface area contributed by atoms with E-state index in [1.54, 1.807) is 35.9 Å². The SMILES string of the molecule is CCC(NS(=O)(=O)c1cc(-c2cc(C)[nH]n2)sc1C)c1cn2cccnc2n1. The molecular weight excluding hydrogens is 396 g/mol. The van der Waals surface area contributed by atoms with Crippen LogP contribution in [0, 0.1) is 13.8 Å². The second kappa shape index (κ2) is 7.12. The normalized spacial score (nSPS) is 13.2. The van der Waals surface area contributed by atoms with Gasteiger partial charge in [-0.3, -0.25) is 9.50 Å². The van der Waals surface area contributed by atoms with Crippen molar-refractivity contribution in [3.63, 3.8) is 0 Å². The number of nitrogens with zero attached hydrogens (tertiary/aromatic N) is 4. The molecule has 28 heavy (non-hydrogen) atoms. The Morgan fingerprint density at radius 3 is 2.82 bits per heavy atom. The van der Waals surface area contributed by atoms with Crippen LogP contribution in [0.1, 0.15) is 35.7 Å². The topological polar surface area (TPSA) is 105 Å². The number of aryl methyl sites for hydroxylation is 2. The molecule has 2 N–H and O–H groups in total. The van der Waals surface area contributed by atoms with Crippen molar-refractivity contribution in [1.29, 1.82) is 0 Å². The number of H-pyrrole nitrogens is 1. The van der Waals surface area contributed by atoms with Crippen molar-refractivity contribution in [3.8, 4) is 10.6 Å². The largest absolute Gasteiger partial charge is 0.291 e. The molecule has 1 atom stereocenters. The van der Waals surface area contributed by atoms with E-state index < -0.39 is 16.1 Å². The molecule has 1 unspecified atom stereocenters. The molecule has 4 aromatic rings. The first-order chi connectivity index (χ1) is 13.4. The number of sulfonamides is 1. The van der Waals surface area contributed by atoms with Gasteiger partial charge in [-0.1, -0.05) is 6.92 Å². The van der Waals surface area contributed by atoms with Crippen LogP contribution in [0.15, 0.2) is 41.7 Å². The summed E-state index contributed by atoms with van der Waals surface area (Å²) in [7, 11) is -3.72. The van der Waals surface area contributed by atoms with Gasteiger partial charge in [0.05, 0.1) is 21.5 Å². The summed E-state index contributed by atoms with van der Waals surface area (Å²) in [5, 5.41) is 7.11. The first-order valence-corrected chi connectivity index (χ1v) is 11.1. The van der Waals surface area contributed by atoms with Crippen LogP contribution in [0.4, 0.5) is 0 Å². The van der Waals surface area contributed by atoms with Gasteiger partial charge in [-0.05, 0) is 38.5 Å². The van der Waals surface area contributed by atoms with Gasteiger partial charge in [-0.15, -0.1) is 11.3 Å². The van der Waals surface area contributed by atoms with Gasteiger partial charge in [0.2, 0.25) is 15.8 Å². The second-order valence-corrected chi connectivity index (χ2v) is 9.48. The average molecular weight is 417 g/mol. The van der Waals surface area contributed by atoms with Gasteiger partial charge in [-0.2, -0.15) is 5.10 Å². The molecule has 0 fully saturated rings. The zero-order valence-corrected chi connectivity index (χ0v) is 17.3. The summed E-state index contributed by atoms with van der Waals surface area (Å²) in [4.78, 5) is 10.4. The zero-order valence-electron chi connectivity index (χ0n) is 15.7. The summed E-state index contributed by atoms with van der Waals surface area (Å²) in [5.74, 6) is 0.540. The van der Waals surface area contributed by atoms with Gasteiger partial charge in [-0.25, -0.2) is 23.1 Å². The highest BCUT2D eigenvalue weighted by Crippen LogP contribution is 2.33. The summed E-state index contributed by atoms with van der Waals surface area (Å²) in [6, 6.07) is 4.93. The Hall–Kier alpha value is -2.56. The Bertz CT molecular complexity index is 1200. The zero-order chi connectivity index (χ0) is 19.9. The minimum Gasteiger partial charge on any atom is -0.291 e. The monoisotopic (exact) mass is 416 g/mol. The highest BCUT2D eigenvalue weighted by molar-refractivity contribution is 7.89. The van der Waals surface area contributed by atoms with E-state index >= 15 is 0 Å². The van der Waals surface area contributed by atoms with Crippen molar-refractivity contribution in [1.82, 2.24) is 29.3 Å². The standard InChI is InChI=1S/C18H20N6O2S2/c1-4-13(15-10-24-7-5-6-19-18(24)20-15)23-28(25,26)17-9-16(27-12(17)3)14-8-11(2)21-22-14/h5-10,13,23H,4H2,1-3H3,(H,21,22). The molecule has 0 radical (unpaired) electrons. The summed E-state index contributed by atoms with van der Waals surface area (Å²) < 4.78 is 30.7. The predicted octanol–water partition coefficient (Wildman–Crippen LogP) is 3.23. The van der Waals surface area contributed by atoms with E-state index in [1.165, 1.54) is 11.3 Å². The lowest BCUT2D eigenvalue weighted by Gasteiger charge is -2.14. The van der Waals surface area contributed by atoms with Crippen molar-refractivity contribution < 1.29 is 8.42 Å². The molecule has 146 valence electrons. The van der Waals surface area contributed by atoms with Gasteiger partial charge in [0.1, 0.15) is 5.69 Å². The van der Waals surface area contributed by atoms with Gasteiger partial charge in [0.15, 0.2) is 0 Å². The fourth-order valence-electron chi connectivity index (χ4n) is 3.02. The Morgan fingerprint density at radius 1 is 1.32 bits per heavy atom. The lowest BCUT2D eigenvalue weighted by Crippen LogP contribution is -2.28. The maximum Gasteiger partial charge on any atom is 0.242 e. The number of thiophene rings is 1. The van der Waals surface area contributed by atoms with Crippen LogP contribution in [0.3, 0.4) is 0 Å². The average Bonchev–Trinajstić information content (AvgIpc) is 3.37. The van der Waals surface area contributed by atoms with Crippen molar-refractivity contribution in [3.05, 3.63) is 53.1 Å². The molecule has 0 bridgehead atoms. The molecule has 0 saturated heterocycles. The number of aromatic amines is 1. The van der Waals surface area contributed by atoms with E-state index in [-0.39, 0.29) is 4.90 Å². The van der Waals surface area contributed by atoms with E-state index in [1.807, 2.05) is 26.1 Å². The quantitative estimate of drug-likeness (QED) is 0.502. The van der Waals surface area contributed by atoms with E-state index in [0.717, 1.165) is 21.1 Å². The molecule has 0 aliphatic rings. The van der Waals surface area contributed by atoms with Crippen LogP contribution in [0.5, 0.6) is 0 Å². The van der Waals surface area contributed by atoms with E-state index in [2.05, 4.69) is 24.9 Å². The highest BCUT2D eigenvalue weighted by atomic mass is 32.2. The maximum absolute atomic E-state index is 13.1. The Balaban J connectivity index is 1.65. The Labute approximate surface area is 166 Å². The molecule has 0 amide bonds. The predicted molar refractivity (Wildman–Crippen MR) is 108 cm³/mol. The molecule has 0 saturated carbocycles. The maximum atomic E-state index is 13.1.